The van der Waals surface area contributed by atoms with Crippen LogP contribution >= 0.6 is 0 Å². The third-order valence-corrected chi connectivity index (χ3v) is 7.08. The number of nitrogens with one attached hydrogen (secondary N) is 2. The average molecular weight is 399 g/mol. The first-order valence-corrected chi connectivity index (χ1v) is 10.2. The van der Waals surface area contributed by atoms with E-state index in [0.29, 0.717) is 23.6 Å². The van der Waals surface area contributed by atoms with Gasteiger partial charge < -0.3 is 10.4 Å². The summed E-state index contributed by atoms with van der Waals surface area (Å²) in [6.45, 7) is -0.221. The van der Waals surface area contributed by atoms with Gasteiger partial charge in [-0.2, -0.15) is 12.7 Å². The maximum atomic E-state index is 15.2. The highest BCUT2D eigenvalue weighted by molar-refractivity contribution is 7.88. The molecule has 1 amide bonds. The van der Waals surface area contributed by atoms with Gasteiger partial charge in [0, 0.05) is 13.0 Å². The molecule has 0 spiro atoms. The number of halogens is 3. The first kappa shape index (κ1) is 19.8. The summed E-state index contributed by atoms with van der Waals surface area (Å²) in [5, 5.41) is 13.1. The zero-order valence-electron chi connectivity index (χ0n) is 14.4. The standard InChI is InChI=1S/C15H24F3N3O4S/c1-15(17,18)7-19-9-3-2-8-4-11(22)14(13(16)10(8)5-9)21-6-12(23)20-26(21,24)25/h8-11,13-14,19,22H,2-7H2,1H3,(H,20,23). The Morgan fingerprint density at radius 2 is 2.04 bits per heavy atom. The number of carbonyl (C=O) groups is 1. The van der Waals surface area contributed by atoms with Gasteiger partial charge in [-0.05, 0) is 37.5 Å². The molecule has 26 heavy (non-hydrogen) atoms. The Kier molecular flexibility index (Phi) is 5.28. The van der Waals surface area contributed by atoms with E-state index in [9.17, 15) is 27.1 Å². The number of hydrogen-bond donors (Lipinski definition) is 3. The van der Waals surface area contributed by atoms with Crippen LogP contribution in [0.15, 0.2) is 0 Å². The largest absolute Gasteiger partial charge is 0.391 e. The van der Waals surface area contributed by atoms with Gasteiger partial charge in [0.1, 0.15) is 6.17 Å². The van der Waals surface area contributed by atoms with Crippen LogP contribution in [-0.2, 0) is 15.0 Å². The second-order valence-corrected chi connectivity index (χ2v) is 9.32. The highest BCUT2D eigenvalue weighted by Crippen LogP contribution is 2.44. The van der Waals surface area contributed by atoms with Crippen LogP contribution in [0.2, 0.25) is 0 Å². The number of nitrogens with zero attached hydrogens (tertiary/aromatic N) is 1. The molecule has 6 atom stereocenters. The van der Waals surface area contributed by atoms with Crippen LogP contribution in [0.25, 0.3) is 0 Å². The minimum absolute atomic E-state index is 0.134. The second kappa shape index (κ2) is 6.92. The van der Waals surface area contributed by atoms with Crippen molar-refractivity contribution < 1.29 is 31.5 Å². The van der Waals surface area contributed by atoms with E-state index < -0.39 is 59.4 Å². The fourth-order valence-corrected chi connectivity index (χ4v) is 5.79. The zero-order valence-corrected chi connectivity index (χ0v) is 15.2. The average Bonchev–Trinajstić information content (AvgIpc) is 2.77. The van der Waals surface area contributed by atoms with Gasteiger partial charge in [0.05, 0.1) is 25.2 Å². The van der Waals surface area contributed by atoms with E-state index in [4.69, 9.17) is 0 Å². The van der Waals surface area contributed by atoms with Crippen molar-refractivity contribution in [2.45, 2.75) is 62.9 Å². The van der Waals surface area contributed by atoms with E-state index in [-0.39, 0.29) is 18.4 Å². The molecule has 1 aliphatic heterocycles. The van der Waals surface area contributed by atoms with E-state index in [0.717, 1.165) is 6.92 Å². The summed E-state index contributed by atoms with van der Waals surface area (Å²) in [5.41, 5.74) is 0. The quantitative estimate of drug-likeness (QED) is 0.626. The monoisotopic (exact) mass is 399 g/mol. The van der Waals surface area contributed by atoms with Gasteiger partial charge in [-0.15, -0.1) is 0 Å². The molecule has 2 saturated carbocycles. The molecule has 2 aliphatic carbocycles. The third-order valence-electron chi connectivity index (χ3n) is 5.61. The molecular weight excluding hydrogens is 375 g/mol. The number of alkyl halides is 3. The highest BCUT2D eigenvalue weighted by Gasteiger charge is 2.53. The molecule has 1 saturated heterocycles. The summed E-state index contributed by atoms with van der Waals surface area (Å²) in [6.07, 6.45) is -1.18. The first-order chi connectivity index (χ1) is 12.0. The molecule has 3 rings (SSSR count). The summed E-state index contributed by atoms with van der Waals surface area (Å²) in [7, 11) is -4.16. The molecule has 7 nitrogen and oxygen atoms in total. The lowest BCUT2D eigenvalue weighted by atomic mass is 9.66. The van der Waals surface area contributed by atoms with E-state index in [1.807, 2.05) is 0 Å². The highest BCUT2D eigenvalue weighted by atomic mass is 32.2. The van der Waals surface area contributed by atoms with Crippen molar-refractivity contribution in [3.63, 3.8) is 0 Å². The summed E-state index contributed by atoms with van der Waals surface area (Å²) >= 11 is 0. The molecule has 0 radical (unpaired) electrons. The predicted molar refractivity (Wildman–Crippen MR) is 86.3 cm³/mol. The molecule has 3 aliphatic rings. The Bertz CT molecular complexity index is 657. The normalized spacial score (nSPS) is 40.9. The topological polar surface area (TPSA) is 98.7 Å². The smallest absolute Gasteiger partial charge is 0.304 e. The third kappa shape index (κ3) is 4.00. The number of carbonyl (C=O) groups excluding carboxylic acids is 1. The summed E-state index contributed by atoms with van der Waals surface area (Å²) in [6, 6.07) is -1.63. The lowest BCUT2D eigenvalue weighted by Gasteiger charge is -2.48. The molecule has 0 aromatic carbocycles. The summed E-state index contributed by atoms with van der Waals surface area (Å²) < 4.78 is 67.8. The minimum Gasteiger partial charge on any atom is -0.391 e. The number of aliphatic hydroxyl groups is 1. The molecule has 3 fully saturated rings. The van der Waals surface area contributed by atoms with Crippen LogP contribution in [0.3, 0.4) is 0 Å². The molecule has 0 aromatic heterocycles. The maximum absolute atomic E-state index is 15.2. The Labute approximate surface area is 150 Å². The van der Waals surface area contributed by atoms with Gasteiger partial charge in [0.15, 0.2) is 0 Å². The van der Waals surface area contributed by atoms with Crippen molar-refractivity contribution in [3.05, 3.63) is 0 Å². The molecular formula is C15H24F3N3O4S. The van der Waals surface area contributed by atoms with Crippen molar-refractivity contribution in [2.75, 3.05) is 13.1 Å². The minimum atomic E-state index is -4.16. The van der Waals surface area contributed by atoms with Crippen LogP contribution in [0.5, 0.6) is 0 Å². The molecule has 1 heterocycles. The number of hydrogen-bond acceptors (Lipinski definition) is 5. The number of amides is 1. The fourth-order valence-electron chi connectivity index (χ4n) is 4.45. The predicted octanol–water partition coefficient (Wildman–Crippen LogP) is 0.164. The Balaban J connectivity index is 1.73. The lowest BCUT2D eigenvalue weighted by Crippen LogP contribution is -2.59. The lowest BCUT2D eigenvalue weighted by molar-refractivity contribution is -0.119. The van der Waals surface area contributed by atoms with Gasteiger partial charge >= 0.3 is 10.2 Å². The van der Waals surface area contributed by atoms with Crippen LogP contribution < -0.4 is 10.0 Å². The van der Waals surface area contributed by atoms with E-state index in [1.165, 1.54) is 0 Å². The molecule has 0 bridgehead atoms. The van der Waals surface area contributed by atoms with Gasteiger partial charge in [0.2, 0.25) is 5.91 Å². The summed E-state index contributed by atoms with van der Waals surface area (Å²) in [4.78, 5) is 11.4. The van der Waals surface area contributed by atoms with Crippen molar-refractivity contribution in [1.82, 2.24) is 14.3 Å². The number of fused-ring (bicyclic) bond motifs is 1. The van der Waals surface area contributed by atoms with Crippen molar-refractivity contribution in [1.29, 1.82) is 0 Å². The van der Waals surface area contributed by atoms with Crippen LogP contribution in [0.1, 0.15) is 32.6 Å². The van der Waals surface area contributed by atoms with Crippen LogP contribution in [0.4, 0.5) is 13.2 Å². The molecule has 0 aromatic rings. The Hall–Kier alpha value is -0.910. The summed E-state index contributed by atoms with van der Waals surface area (Å²) in [5.74, 6) is -4.32. The molecule has 150 valence electrons. The van der Waals surface area contributed by atoms with Gasteiger partial charge in [-0.1, -0.05) is 0 Å². The van der Waals surface area contributed by atoms with E-state index in [2.05, 4.69) is 5.32 Å². The Morgan fingerprint density at radius 3 is 2.62 bits per heavy atom. The molecule has 3 N–H and O–H groups in total. The fraction of sp³-hybridized carbons (Fsp3) is 0.933. The first-order valence-electron chi connectivity index (χ1n) is 8.74. The van der Waals surface area contributed by atoms with Gasteiger partial charge in [-0.3, -0.25) is 4.79 Å². The van der Waals surface area contributed by atoms with Gasteiger partial charge in [0.25, 0.3) is 5.92 Å². The SMILES string of the molecule is CC(F)(F)CNC1CCC2CC(O)C(N3CC(=O)NS3(=O)=O)C(F)C2C1. The van der Waals surface area contributed by atoms with Crippen LogP contribution in [-0.4, -0.2) is 67.1 Å². The van der Waals surface area contributed by atoms with Crippen LogP contribution in [0, 0.1) is 11.8 Å². The molecule has 6 unspecified atom stereocenters. The Morgan fingerprint density at radius 1 is 1.35 bits per heavy atom. The van der Waals surface area contributed by atoms with Crippen molar-refractivity contribution in [2.24, 2.45) is 11.8 Å². The molecule has 11 heteroatoms. The number of rotatable bonds is 4. The van der Waals surface area contributed by atoms with Crippen molar-refractivity contribution in [3.8, 4) is 0 Å². The number of aliphatic hydroxyl groups excluding tert-OH is 1. The van der Waals surface area contributed by atoms with Gasteiger partial charge in [-0.25, -0.2) is 17.9 Å². The van der Waals surface area contributed by atoms with Crippen molar-refractivity contribution >= 4 is 16.1 Å². The van der Waals surface area contributed by atoms with E-state index >= 15 is 4.39 Å². The maximum Gasteiger partial charge on any atom is 0.304 e. The zero-order chi connectivity index (χ0) is 19.3. The van der Waals surface area contributed by atoms with E-state index in [1.54, 1.807) is 4.72 Å². The second-order valence-electron chi connectivity index (χ2n) is 7.70.